The van der Waals surface area contributed by atoms with Gasteiger partial charge in [-0.1, -0.05) is 24.3 Å². The summed E-state index contributed by atoms with van der Waals surface area (Å²) in [6, 6.07) is 11.2. The number of rotatable bonds is 6. The van der Waals surface area contributed by atoms with Crippen LogP contribution in [0.1, 0.15) is 42.3 Å². The molecule has 0 radical (unpaired) electrons. The van der Waals surface area contributed by atoms with Crippen molar-refractivity contribution in [2.45, 2.75) is 25.4 Å². The SMILES string of the molecule is CC(=O)N1C=Cc2ccccc2C1CC(=O)NCC(c1ccco1)N(C)C. The van der Waals surface area contributed by atoms with Crippen LogP contribution in [-0.4, -0.2) is 42.3 Å². The van der Waals surface area contributed by atoms with Gasteiger partial charge in [0, 0.05) is 19.7 Å². The minimum Gasteiger partial charge on any atom is -0.468 e. The topological polar surface area (TPSA) is 65.8 Å². The lowest BCUT2D eigenvalue weighted by atomic mass is 9.93. The van der Waals surface area contributed by atoms with E-state index in [2.05, 4.69) is 5.32 Å². The minimum atomic E-state index is -0.301. The van der Waals surface area contributed by atoms with Gasteiger partial charge in [-0.15, -0.1) is 0 Å². The molecule has 0 aliphatic carbocycles. The van der Waals surface area contributed by atoms with E-state index in [1.165, 1.54) is 6.92 Å². The molecule has 6 nitrogen and oxygen atoms in total. The van der Waals surface area contributed by atoms with Crippen molar-refractivity contribution in [1.29, 1.82) is 0 Å². The van der Waals surface area contributed by atoms with Crippen LogP contribution >= 0.6 is 0 Å². The summed E-state index contributed by atoms with van der Waals surface area (Å²) >= 11 is 0. The van der Waals surface area contributed by atoms with Crippen LogP contribution in [0.4, 0.5) is 0 Å². The van der Waals surface area contributed by atoms with Crippen molar-refractivity contribution < 1.29 is 14.0 Å². The first-order chi connectivity index (χ1) is 13.0. The molecule has 142 valence electrons. The van der Waals surface area contributed by atoms with Gasteiger partial charge in [0.1, 0.15) is 5.76 Å². The van der Waals surface area contributed by atoms with Gasteiger partial charge in [0.2, 0.25) is 11.8 Å². The quantitative estimate of drug-likeness (QED) is 0.852. The Morgan fingerprint density at radius 3 is 2.67 bits per heavy atom. The summed E-state index contributed by atoms with van der Waals surface area (Å²) in [5.41, 5.74) is 2.02. The number of hydrogen-bond donors (Lipinski definition) is 1. The molecule has 1 aliphatic heterocycles. The second-order valence-corrected chi connectivity index (χ2v) is 6.89. The Hall–Kier alpha value is -2.86. The number of nitrogens with one attached hydrogen (secondary N) is 1. The lowest BCUT2D eigenvalue weighted by Crippen LogP contribution is -2.38. The molecule has 0 saturated carbocycles. The molecule has 2 unspecified atom stereocenters. The van der Waals surface area contributed by atoms with Crippen molar-refractivity contribution >= 4 is 17.9 Å². The molecule has 2 aromatic rings. The summed E-state index contributed by atoms with van der Waals surface area (Å²) < 4.78 is 5.48. The Kier molecular flexibility index (Phi) is 5.76. The highest BCUT2D eigenvalue weighted by Crippen LogP contribution is 2.32. The number of carbonyl (C=O) groups is 2. The minimum absolute atomic E-state index is 0.0496. The summed E-state index contributed by atoms with van der Waals surface area (Å²) in [5, 5.41) is 2.99. The first-order valence-electron chi connectivity index (χ1n) is 9.00. The molecule has 0 fully saturated rings. The van der Waals surface area contributed by atoms with E-state index < -0.39 is 0 Å². The molecule has 1 N–H and O–H groups in total. The maximum Gasteiger partial charge on any atom is 0.223 e. The maximum absolute atomic E-state index is 12.7. The molecule has 2 atom stereocenters. The number of nitrogens with zero attached hydrogens (tertiary/aromatic N) is 2. The molecule has 1 aromatic heterocycles. The van der Waals surface area contributed by atoms with Crippen LogP contribution in [0.3, 0.4) is 0 Å². The third kappa shape index (κ3) is 4.28. The molecule has 1 aliphatic rings. The molecule has 3 rings (SSSR count). The molecule has 1 aromatic carbocycles. The molecule has 0 bridgehead atoms. The Morgan fingerprint density at radius 2 is 2.00 bits per heavy atom. The van der Waals surface area contributed by atoms with Gasteiger partial charge in [-0.05, 0) is 43.4 Å². The van der Waals surface area contributed by atoms with Crippen molar-refractivity contribution in [3.05, 3.63) is 65.7 Å². The first kappa shape index (κ1) is 18.9. The fourth-order valence-electron chi connectivity index (χ4n) is 3.39. The second-order valence-electron chi connectivity index (χ2n) is 6.89. The van der Waals surface area contributed by atoms with Crippen molar-refractivity contribution in [2.75, 3.05) is 20.6 Å². The standard InChI is InChI=1S/C21H25N3O3/c1-15(25)24-11-10-16-7-4-5-8-17(16)18(24)13-21(26)22-14-19(23(2)3)20-9-6-12-27-20/h4-12,18-19H,13-14H2,1-3H3,(H,22,26). The zero-order valence-corrected chi connectivity index (χ0v) is 15.9. The predicted octanol–water partition coefficient (Wildman–Crippen LogP) is 2.96. The van der Waals surface area contributed by atoms with Crippen LogP contribution in [0.5, 0.6) is 0 Å². The highest BCUT2D eigenvalue weighted by Gasteiger charge is 2.28. The third-order valence-corrected chi connectivity index (χ3v) is 4.84. The molecule has 2 heterocycles. The zero-order valence-electron chi connectivity index (χ0n) is 15.9. The fraction of sp³-hybridized carbons (Fsp3) is 0.333. The average molecular weight is 367 g/mol. The van der Waals surface area contributed by atoms with Crippen LogP contribution < -0.4 is 5.32 Å². The lowest BCUT2D eigenvalue weighted by molar-refractivity contribution is -0.130. The molecule has 27 heavy (non-hydrogen) atoms. The molecule has 0 spiro atoms. The van der Waals surface area contributed by atoms with Gasteiger partial charge in [-0.25, -0.2) is 0 Å². The smallest absolute Gasteiger partial charge is 0.223 e. The first-order valence-corrected chi connectivity index (χ1v) is 9.00. The van der Waals surface area contributed by atoms with E-state index in [9.17, 15) is 9.59 Å². The van der Waals surface area contributed by atoms with Crippen molar-refractivity contribution in [1.82, 2.24) is 15.1 Å². The van der Waals surface area contributed by atoms with Crippen LogP contribution in [0, 0.1) is 0 Å². The van der Waals surface area contributed by atoms with E-state index in [1.807, 2.05) is 61.5 Å². The Morgan fingerprint density at radius 1 is 1.22 bits per heavy atom. The molecule has 6 heteroatoms. The number of likely N-dealkylation sites (N-methyl/N-ethyl adjacent to an activating group) is 1. The normalized spacial score (nSPS) is 16.9. The van der Waals surface area contributed by atoms with Gasteiger partial charge in [0.15, 0.2) is 0 Å². The van der Waals surface area contributed by atoms with Gasteiger partial charge >= 0.3 is 0 Å². The molecular weight excluding hydrogens is 342 g/mol. The van der Waals surface area contributed by atoms with E-state index in [1.54, 1.807) is 17.4 Å². The van der Waals surface area contributed by atoms with Crippen LogP contribution in [-0.2, 0) is 9.59 Å². The Bertz CT molecular complexity index is 827. The molecule has 0 saturated heterocycles. The van der Waals surface area contributed by atoms with Crippen LogP contribution in [0.15, 0.2) is 53.3 Å². The summed E-state index contributed by atoms with van der Waals surface area (Å²) in [6.45, 7) is 1.95. The van der Waals surface area contributed by atoms with Crippen LogP contribution in [0.25, 0.3) is 6.08 Å². The maximum atomic E-state index is 12.7. The number of benzene rings is 1. The van der Waals surface area contributed by atoms with E-state index in [0.717, 1.165) is 16.9 Å². The van der Waals surface area contributed by atoms with Crippen molar-refractivity contribution in [3.8, 4) is 0 Å². The van der Waals surface area contributed by atoms with Gasteiger partial charge in [0.05, 0.1) is 24.8 Å². The summed E-state index contributed by atoms with van der Waals surface area (Å²) in [7, 11) is 3.89. The number of carbonyl (C=O) groups excluding carboxylic acids is 2. The number of furan rings is 1. The van der Waals surface area contributed by atoms with E-state index in [4.69, 9.17) is 4.42 Å². The Labute approximate surface area is 159 Å². The second kappa shape index (κ2) is 8.22. The summed E-state index contributed by atoms with van der Waals surface area (Å²) in [4.78, 5) is 28.3. The largest absolute Gasteiger partial charge is 0.468 e. The molecule has 2 amide bonds. The highest BCUT2D eigenvalue weighted by molar-refractivity contribution is 5.81. The average Bonchev–Trinajstić information content (AvgIpc) is 3.16. The number of fused-ring (bicyclic) bond motifs is 1. The lowest BCUT2D eigenvalue weighted by Gasteiger charge is -2.32. The van der Waals surface area contributed by atoms with Gasteiger partial charge in [-0.3, -0.25) is 14.5 Å². The van der Waals surface area contributed by atoms with Gasteiger partial charge in [0.25, 0.3) is 0 Å². The van der Waals surface area contributed by atoms with E-state index in [0.29, 0.717) is 6.54 Å². The monoisotopic (exact) mass is 367 g/mol. The zero-order chi connectivity index (χ0) is 19.4. The van der Waals surface area contributed by atoms with Gasteiger partial charge in [-0.2, -0.15) is 0 Å². The van der Waals surface area contributed by atoms with Crippen LogP contribution in [0.2, 0.25) is 0 Å². The number of amides is 2. The van der Waals surface area contributed by atoms with Crippen molar-refractivity contribution in [2.24, 2.45) is 0 Å². The van der Waals surface area contributed by atoms with E-state index >= 15 is 0 Å². The summed E-state index contributed by atoms with van der Waals surface area (Å²) in [6.07, 6.45) is 5.50. The summed E-state index contributed by atoms with van der Waals surface area (Å²) in [5.74, 6) is 0.617. The number of hydrogen-bond acceptors (Lipinski definition) is 4. The highest BCUT2D eigenvalue weighted by atomic mass is 16.3. The third-order valence-electron chi connectivity index (χ3n) is 4.84. The predicted molar refractivity (Wildman–Crippen MR) is 103 cm³/mol. The van der Waals surface area contributed by atoms with E-state index in [-0.39, 0.29) is 30.3 Å². The Balaban J connectivity index is 1.70. The van der Waals surface area contributed by atoms with Crippen molar-refractivity contribution in [3.63, 3.8) is 0 Å². The fourth-order valence-corrected chi connectivity index (χ4v) is 3.39. The van der Waals surface area contributed by atoms with Gasteiger partial charge < -0.3 is 14.6 Å². The molecular formula is C21H25N3O3.